The molecule has 2 N–H and O–H groups in total. The number of hydrogen-bond acceptors (Lipinski definition) is 2. The van der Waals surface area contributed by atoms with E-state index in [2.05, 4.69) is 28.1 Å². The number of ether oxygens (including phenoxy) is 1. The fraction of sp³-hybridized carbons (Fsp3) is 0.600. The summed E-state index contributed by atoms with van der Waals surface area (Å²) in [5.41, 5.74) is 7.62. The smallest absolute Gasteiger partial charge is 0.133 e. The second kappa shape index (κ2) is 6.58. The lowest BCUT2D eigenvalue weighted by atomic mass is 9.81. The Bertz CT molecular complexity index is 388. The second-order valence-corrected chi connectivity index (χ2v) is 5.90. The average Bonchev–Trinajstić information content (AvgIpc) is 2.41. The standard InChI is InChI=1S/C15H22BrNO/c1-2-18-14-9-8-12(10-13(14)16)15(17)11-6-4-3-5-7-11/h8-11,15H,2-7,17H2,1H3. The molecule has 1 aliphatic rings. The van der Waals surface area contributed by atoms with Gasteiger partial charge in [-0.25, -0.2) is 0 Å². The molecule has 1 aromatic carbocycles. The number of nitrogens with two attached hydrogens (primary N) is 1. The van der Waals surface area contributed by atoms with Gasteiger partial charge in [-0.1, -0.05) is 25.3 Å². The molecule has 1 atom stereocenters. The van der Waals surface area contributed by atoms with Crippen LogP contribution in [0.3, 0.4) is 0 Å². The zero-order chi connectivity index (χ0) is 13.0. The molecule has 0 bridgehead atoms. The maximum atomic E-state index is 6.40. The molecular weight excluding hydrogens is 290 g/mol. The molecule has 0 amide bonds. The third kappa shape index (κ3) is 3.27. The van der Waals surface area contributed by atoms with E-state index in [0.29, 0.717) is 12.5 Å². The first kappa shape index (κ1) is 13.9. The maximum Gasteiger partial charge on any atom is 0.133 e. The quantitative estimate of drug-likeness (QED) is 0.893. The van der Waals surface area contributed by atoms with E-state index in [1.54, 1.807) is 0 Å². The Morgan fingerprint density at radius 1 is 1.33 bits per heavy atom. The predicted molar refractivity (Wildman–Crippen MR) is 78.8 cm³/mol. The van der Waals surface area contributed by atoms with Crippen molar-refractivity contribution < 1.29 is 4.74 Å². The molecule has 0 heterocycles. The van der Waals surface area contributed by atoms with Gasteiger partial charge in [0.15, 0.2) is 0 Å². The summed E-state index contributed by atoms with van der Waals surface area (Å²) >= 11 is 3.56. The van der Waals surface area contributed by atoms with Gasteiger partial charge in [0.2, 0.25) is 0 Å². The van der Waals surface area contributed by atoms with Crippen molar-refractivity contribution in [2.75, 3.05) is 6.61 Å². The first-order valence-corrected chi connectivity index (χ1v) is 7.69. The highest BCUT2D eigenvalue weighted by molar-refractivity contribution is 9.10. The minimum absolute atomic E-state index is 0.164. The molecule has 0 saturated heterocycles. The van der Waals surface area contributed by atoms with Gasteiger partial charge in [0.05, 0.1) is 11.1 Å². The number of benzene rings is 1. The Morgan fingerprint density at radius 2 is 2.06 bits per heavy atom. The normalized spacial score (nSPS) is 18.6. The Hall–Kier alpha value is -0.540. The topological polar surface area (TPSA) is 35.2 Å². The minimum Gasteiger partial charge on any atom is -0.493 e. The second-order valence-electron chi connectivity index (χ2n) is 5.05. The summed E-state index contributed by atoms with van der Waals surface area (Å²) in [6, 6.07) is 6.41. The molecule has 18 heavy (non-hydrogen) atoms. The third-order valence-electron chi connectivity index (χ3n) is 3.80. The first-order valence-electron chi connectivity index (χ1n) is 6.90. The number of hydrogen-bond donors (Lipinski definition) is 1. The summed E-state index contributed by atoms with van der Waals surface area (Å²) < 4.78 is 6.54. The number of halogens is 1. The highest BCUT2D eigenvalue weighted by Gasteiger charge is 2.22. The lowest BCUT2D eigenvalue weighted by molar-refractivity contribution is 0.307. The highest BCUT2D eigenvalue weighted by Crippen LogP contribution is 2.35. The van der Waals surface area contributed by atoms with Crippen LogP contribution in [0.4, 0.5) is 0 Å². The Kier molecular flexibility index (Phi) is 5.07. The van der Waals surface area contributed by atoms with E-state index in [0.717, 1.165) is 10.2 Å². The van der Waals surface area contributed by atoms with Crippen LogP contribution in [0.15, 0.2) is 22.7 Å². The zero-order valence-corrected chi connectivity index (χ0v) is 12.6. The molecule has 0 aliphatic heterocycles. The van der Waals surface area contributed by atoms with Crippen molar-refractivity contribution in [1.29, 1.82) is 0 Å². The highest BCUT2D eigenvalue weighted by atomic mass is 79.9. The Labute approximate surface area is 118 Å². The summed E-state index contributed by atoms with van der Waals surface area (Å²) in [5, 5.41) is 0. The van der Waals surface area contributed by atoms with Gasteiger partial charge in [-0.3, -0.25) is 0 Å². The lowest BCUT2D eigenvalue weighted by Crippen LogP contribution is -2.23. The van der Waals surface area contributed by atoms with Crippen molar-refractivity contribution >= 4 is 15.9 Å². The van der Waals surface area contributed by atoms with E-state index in [-0.39, 0.29) is 6.04 Å². The van der Waals surface area contributed by atoms with Gasteiger partial charge in [-0.2, -0.15) is 0 Å². The fourth-order valence-corrected chi connectivity index (χ4v) is 3.27. The molecule has 1 unspecified atom stereocenters. The molecule has 2 rings (SSSR count). The molecule has 0 radical (unpaired) electrons. The van der Waals surface area contributed by atoms with Crippen molar-refractivity contribution in [3.8, 4) is 5.75 Å². The fourth-order valence-electron chi connectivity index (χ4n) is 2.76. The van der Waals surface area contributed by atoms with Crippen molar-refractivity contribution in [3.05, 3.63) is 28.2 Å². The Balaban J connectivity index is 2.10. The monoisotopic (exact) mass is 311 g/mol. The SMILES string of the molecule is CCOc1ccc(C(N)C2CCCCC2)cc1Br. The van der Waals surface area contributed by atoms with Gasteiger partial charge < -0.3 is 10.5 Å². The predicted octanol–water partition coefficient (Wildman–Crippen LogP) is 4.43. The largest absolute Gasteiger partial charge is 0.493 e. The van der Waals surface area contributed by atoms with Crippen LogP contribution in [0.25, 0.3) is 0 Å². The van der Waals surface area contributed by atoms with Crippen LogP contribution in [0.2, 0.25) is 0 Å². The van der Waals surface area contributed by atoms with Crippen LogP contribution in [-0.4, -0.2) is 6.61 Å². The van der Waals surface area contributed by atoms with Crippen molar-refractivity contribution in [3.63, 3.8) is 0 Å². The lowest BCUT2D eigenvalue weighted by Gasteiger charge is -2.28. The van der Waals surface area contributed by atoms with E-state index in [1.165, 1.54) is 37.7 Å². The number of rotatable bonds is 4. The summed E-state index contributed by atoms with van der Waals surface area (Å²) in [4.78, 5) is 0. The maximum absolute atomic E-state index is 6.40. The van der Waals surface area contributed by atoms with E-state index in [1.807, 2.05) is 13.0 Å². The molecular formula is C15H22BrNO. The molecule has 1 fully saturated rings. The summed E-state index contributed by atoms with van der Waals surface area (Å²) in [5.74, 6) is 1.54. The summed E-state index contributed by atoms with van der Waals surface area (Å²) in [6.07, 6.45) is 6.57. The van der Waals surface area contributed by atoms with Gasteiger partial charge in [-0.15, -0.1) is 0 Å². The molecule has 100 valence electrons. The van der Waals surface area contributed by atoms with Gasteiger partial charge in [0, 0.05) is 6.04 Å². The minimum atomic E-state index is 0.164. The molecule has 1 aliphatic carbocycles. The van der Waals surface area contributed by atoms with Crippen molar-refractivity contribution in [2.24, 2.45) is 11.7 Å². The van der Waals surface area contributed by atoms with Crippen molar-refractivity contribution in [1.82, 2.24) is 0 Å². The van der Waals surface area contributed by atoms with Gasteiger partial charge in [0.25, 0.3) is 0 Å². The Morgan fingerprint density at radius 3 is 2.67 bits per heavy atom. The molecule has 2 nitrogen and oxygen atoms in total. The van der Waals surface area contributed by atoms with E-state index in [9.17, 15) is 0 Å². The van der Waals surface area contributed by atoms with E-state index < -0.39 is 0 Å². The van der Waals surface area contributed by atoms with Crippen LogP contribution in [0.1, 0.15) is 50.6 Å². The molecule has 0 spiro atoms. The summed E-state index contributed by atoms with van der Waals surface area (Å²) in [6.45, 7) is 2.68. The van der Waals surface area contributed by atoms with Crippen molar-refractivity contribution in [2.45, 2.75) is 45.1 Å². The molecule has 1 saturated carbocycles. The van der Waals surface area contributed by atoms with Crippen LogP contribution in [0, 0.1) is 5.92 Å². The zero-order valence-electron chi connectivity index (χ0n) is 11.0. The molecule has 1 aromatic rings. The first-order chi connectivity index (χ1) is 8.72. The molecule has 0 aromatic heterocycles. The van der Waals surface area contributed by atoms with Crippen LogP contribution >= 0.6 is 15.9 Å². The average molecular weight is 312 g/mol. The van der Waals surface area contributed by atoms with Gasteiger partial charge in [0.1, 0.15) is 5.75 Å². The van der Waals surface area contributed by atoms with Gasteiger partial charge in [-0.05, 0) is 59.3 Å². The van der Waals surface area contributed by atoms with E-state index in [4.69, 9.17) is 10.5 Å². The van der Waals surface area contributed by atoms with Crippen LogP contribution in [0.5, 0.6) is 5.75 Å². The third-order valence-corrected chi connectivity index (χ3v) is 4.42. The summed E-state index contributed by atoms with van der Waals surface area (Å²) in [7, 11) is 0. The van der Waals surface area contributed by atoms with Crippen LogP contribution < -0.4 is 10.5 Å². The van der Waals surface area contributed by atoms with Crippen LogP contribution in [-0.2, 0) is 0 Å². The van der Waals surface area contributed by atoms with E-state index >= 15 is 0 Å². The van der Waals surface area contributed by atoms with Gasteiger partial charge >= 0.3 is 0 Å². The molecule has 3 heteroatoms.